The third kappa shape index (κ3) is 17.2. The molecule has 0 bridgehead atoms. The van der Waals surface area contributed by atoms with Crippen LogP contribution in [-0.4, -0.2) is 74.2 Å². The lowest BCUT2D eigenvalue weighted by atomic mass is 9.88. The molecule has 0 aliphatic rings. The van der Waals surface area contributed by atoms with Gasteiger partial charge in [0.1, 0.15) is 18.4 Å². The fourth-order valence-electron chi connectivity index (χ4n) is 2.90. The van der Waals surface area contributed by atoms with Crippen LogP contribution in [0, 0.1) is 11.8 Å². The molecule has 0 aliphatic heterocycles. The van der Waals surface area contributed by atoms with Crippen molar-refractivity contribution < 1.29 is 31.6 Å². The van der Waals surface area contributed by atoms with Crippen molar-refractivity contribution in [2.45, 2.75) is 65.5 Å². The van der Waals surface area contributed by atoms with Gasteiger partial charge < -0.3 is 32.6 Å². The van der Waals surface area contributed by atoms with Crippen molar-refractivity contribution in [1.29, 1.82) is 0 Å². The molecule has 27 heavy (non-hydrogen) atoms. The number of carbonyl (C=O) groups excluding carboxylic acids is 2. The van der Waals surface area contributed by atoms with Gasteiger partial charge in [0.25, 0.3) is 0 Å². The van der Waals surface area contributed by atoms with E-state index >= 15 is 0 Å². The minimum atomic E-state index is -0.460. The van der Waals surface area contributed by atoms with Crippen molar-refractivity contribution in [3.8, 4) is 0 Å². The quantitative estimate of drug-likeness (QED) is 0.244. The average molecular weight is 408 g/mol. The number of hydrogen-bond donors (Lipinski definition) is 3. The number of nitrogens with zero attached hydrogens (tertiary/aromatic N) is 1. The number of carbonyl (C=O) groups is 2. The highest BCUT2D eigenvalue weighted by Gasteiger charge is 2.23. The number of aliphatic hydroxyl groups is 1. The predicted octanol–water partition coefficient (Wildman–Crippen LogP) is -1.43. The lowest BCUT2D eigenvalue weighted by Crippen LogP contribution is -3.00. The zero-order valence-corrected chi connectivity index (χ0v) is 19.1. The van der Waals surface area contributed by atoms with Crippen LogP contribution in [0.25, 0.3) is 0 Å². The molecule has 2 unspecified atom stereocenters. The third-order valence-electron chi connectivity index (χ3n) is 4.28. The van der Waals surface area contributed by atoms with E-state index in [1.807, 2.05) is 35.0 Å². The maximum atomic E-state index is 12.1. The van der Waals surface area contributed by atoms with Gasteiger partial charge in [0, 0.05) is 37.9 Å². The van der Waals surface area contributed by atoms with Crippen LogP contribution >= 0.6 is 0 Å². The molecule has 0 fully saturated rings. The van der Waals surface area contributed by atoms with Gasteiger partial charge in [-0.3, -0.25) is 9.59 Å². The largest absolute Gasteiger partial charge is 1.00 e. The summed E-state index contributed by atoms with van der Waals surface area (Å²) in [6.45, 7) is 9.93. The van der Waals surface area contributed by atoms with Crippen molar-refractivity contribution in [3.05, 3.63) is 0 Å². The minimum Gasteiger partial charge on any atom is -1.00 e. The van der Waals surface area contributed by atoms with Crippen molar-refractivity contribution >= 4 is 11.7 Å². The smallest absolute Gasteiger partial charge is 0.220 e. The van der Waals surface area contributed by atoms with Crippen LogP contribution < -0.4 is 23.0 Å². The highest BCUT2D eigenvalue weighted by Crippen LogP contribution is 2.21. The van der Waals surface area contributed by atoms with E-state index in [0.717, 1.165) is 6.54 Å². The normalized spacial score (nSPS) is 14.0. The van der Waals surface area contributed by atoms with E-state index in [-0.39, 0.29) is 35.9 Å². The van der Waals surface area contributed by atoms with Crippen LogP contribution in [0.15, 0.2) is 0 Å². The van der Waals surface area contributed by atoms with Gasteiger partial charge in [-0.15, -0.1) is 0 Å². The second-order valence-electron chi connectivity index (χ2n) is 9.05. The molecule has 7 heteroatoms. The summed E-state index contributed by atoms with van der Waals surface area (Å²) in [5.74, 6) is 0.252. The van der Waals surface area contributed by atoms with Crippen molar-refractivity contribution in [2.75, 3.05) is 40.8 Å². The van der Waals surface area contributed by atoms with Gasteiger partial charge in [-0.25, -0.2) is 0 Å². The number of ketones is 1. The number of aliphatic hydroxyl groups excluding tert-OH is 1. The maximum absolute atomic E-state index is 12.1. The van der Waals surface area contributed by atoms with Crippen molar-refractivity contribution in [3.63, 3.8) is 0 Å². The molecule has 0 aromatic heterocycles. The van der Waals surface area contributed by atoms with Crippen molar-refractivity contribution in [2.24, 2.45) is 11.8 Å². The van der Waals surface area contributed by atoms with Gasteiger partial charge >= 0.3 is 0 Å². The molecule has 0 spiro atoms. The summed E-state index contributed by atoms with van der Waals surface area (Å²) in [6, 6.07) is 0.404. The second-order valence-corrected chi connectivity index (χ2v) is 9.05. The highest BCUT2D eigenvalue weighted by molar-refractivity contribution is 5.80. The number of hydrogen-bond acceptors (Lipinski definition) is 4. The van der Waals surface area contributed by atoms with E-state index in [0.29, 0.717) is 49.3 Å². The van der Waals surface area contributed by atoms with Gasteiger partial charge in [0.2, 0.25) is 5.91 Å². The summed E-state index contributed by atoms with van der Waals surface area (Å²) in [5, 5.41) is 16.5. The summed E-state index contributed by atoms with van der Waals surface area (Å²) < 4.78 is 0.676. The molecule has 0 aliphatic carbocycles. The first-order valence-electron chi connectivity index (χ1n) is 9.92. The van der Waals surface area contributed by atoms with Crippen LogP contribution in [0.4, 0.5) is 0 Å². The summed E-state index contributed by atoms with van der Waals surface area (Å²) in [6.07, 6.45) is 1.58. The zero-order chi connectivity index (χ0) is 20.3. The Balaban J connectivity index is 0. The van der Waals surface area contributed by atoms with Gasteiger partial charge in [-0.05, 0) is 18.8 Å². The molecule has 0 saturated heterocycles. The van der Waals surface area contributed by atoms with E-state index in [9.17, 15) is 14.7 Å². The molecule has 0 rings (SSSR count). The molecule has 0 saturated carbocycles. The Labute approximate surface area is 172 Å². The summed E-state index contributed by atoms with van der Waals surface area (Å²) in [7, 11) is 6.11. The number of Topliss-reactive ketones (excluding diaryl/α,β-unsaturated/α-hetero) is 1. The van der Waals surface area contributed by atoms with E-state index < -0.39 is 6.10 Å². The Morgan fingerprint density at radius 3 is 2.11 bits per heavy atom. The molecule has 0 aromatic rings. The molecule has 0 heterocycles. The van der Waals surface area contributed by atoms with Crippen LogP contribution in [0.1, 0.15) is 53.4 Å². The molecular weight excluding hydrogens is 366 g/mol. The number of likely N-dealkylation sites (N-methyl/N-ethyl adjacent to an activating group) is 1. The topological polar surface area (TPSA) is 78.4 Å². The molecule has 3 N–H and O–H groups in total. The summed E-state index contributed by atoms with van der Waals surface area (Å²) in [5.41, 5.74) is 0. The lowest BCUT2D eigenvalue weighted by molar-refractivity contribution is -0.873. The fourth-order valence-corrected chi connectivity index (χ4v) is 2.90. The summed E-state index contributed by atoms with van der Waals surface area (Å²) >= 11 is 0. The Morgan fingerprint density at radius 1 is 1.04 bits per heavy atom. The maximum Gasteiger partial charge on any atom is 0.220 e. The van der Waals surface area contributed by atoms with E-state index in [1.165, 1.54) is 0 Å². The molecule has 162 valence electrons. The molecule has 2 atom stereocenters. The first-order valence-corrected chi connectivity index (χ1v) is 9.92. The lowest BCUT2D eigenvalue weighted by Gasteiger charge is -2.28. The Morgan fingerprint density at radius 2 is 1.63 bits per heavy atom. The van der Waals surface area contributed by atoms with Crippen LogP contribution in [0.2, 0.25) is 0 Å². The molecule has 1 amide bonds. The number of amides is 1. The minimum absolute atomic E-state index is 0. The van der Waals surface area contributed by atoms with Gasteiger partial charge in [-0.1, -0.05) is 27.7 Å². The van der Waals surface area contributed by atoms with Crippen LogP contribution in [0.3, 0.4) is 0 Å². The Bertz CT molecular complexity index is 423. The second kappa shape index (κ2) is 14.3. The first kappa shape index (κ1) is 28.5. The Kier molecular flexibility index (Phi) is 15.1. The third-order valence-corrected chi connectivity index (χ3v) is 4.28. The molecule has 0 aromatic carbocycles. The summed E-state index contributed by atoms with van der Waals surface area (Å²) in [4.78, 5) is 24.2. The standard InChI is InChI=1S/C20H41N3O3.ClH/c1-15(2)19(25)13-17(12-18(24)14-23(5,6)7)8-9-20(26)22-11-10-21-16(3)4;/h15-18,21,24H,8-14H2,1-7H3;1H. The molecule has 0 radical (unpaired) electrons. The van der Waals surface area contributed by atoms with Crippen LogP contribution in [0.5, 0.6) is 0 Å². The van der Waals surface area contributed by atoms with E-state index in [2.05, 4.69) is 24.5 Å². The van der Waals surface area contributed by atoms with Crippen LogP contribution in [-0.2, 0) is 9.59 Å². The monoisotopic (exact) mass is 407 g/mol. The SMILES string of the molecule is CC(C)NCCNC(=O)CCC(CC(=O)C(C)C)CC(O)C[N+](C)(C)C.[Cl-]. The molecule has 6 nitrogen and oxygen atoms in total. The number of rotatable bonds is 14. The number of nitrogens with one attached hydrogen (secondary N) is 2. The highest BCUT2D eigenvalue weighted by atomic mass is 35.5. The van der Waals surface area contributed by atoms with E-state index in [4.69, 9.17) is 0 Å². The zero-order valence-electron chi connectivity index (χ0n) is 18.3. The van der Waals surface area contributed by atoms with Gasteiger partial charge in [0.05, 0.1) is 21.1 Å². The fraction of sp³-hybridized carbons (Fsp3) is 0.900. The average Bonchev–Trinajstić information content (AvgIpc) is 2.46. The van der Waals surface area contributed by atoms with E-state index in [1.54, 1.807) is 0 Å². The van der Waals surface area contributed by atoms with Crippen molar-refractivity contribution in [1.82, 2.24) is 10.6 Å². The van der Waals surface area contributed by atoms with Gasteiger partial charge in [0.15, 0.2) is 0 Å². The Hall–Kier alpha value is -0.690. The number of halogens is 1. The van der Waals surface area contributed by atoms with Gasteiger partial charge in [-0.2, -0.15) is 0 Å². The molecular formula is C20H42ClN3O3. The number of quaternary nitrogens is 1. The first-order chi connectivity index (χ1) is 11.9. The predicted molar refractivity (Wildman–Crippen MR) is 107 cm³/mol.